The predicted molar refractivity (Wildman–Crippen MR) is 100 cm³/mol. The van der Waals surface area contributed by atoms with Gasteiger partial charge in [-0.1, -0.05) is 6.07 Å². The van der Waals surface area contributed by atoms with E-state index in [0.717, 1.165) is 49.0 Å². The molecule has 1 aliphatic rings. The number of hydrogen-bond donors (Lipinski definition) is 0. The van der Waals surface area contributed by atoms with Gasteiger partial charge in [-0.05, 0) is 23.6 Å². The van der Waals surface area contributed by atoms with Crippen LogP contribution in [-0.4, -0.2) is 41.0 Å². The van der Waals surface area contributed by atoms with Gasteiger partial charge in [0.15, 0.2) is 0 Å². The predicted octanol–water partition coefficient (Wildman–Crippen LogP) is 3.63. The molecule has 0 aliphatic carbocycles. The number of aromatic nitrogens is 1. The van der Waals surface area contributed by atoms with Crippen LogP contribution >= 0.6 is 11.3 Å². The highest BCUT2D eigenvalue weighted by molar-refractivity contribution is 7.13. The number of nitro benzene ring substituents is 1. The summed E-state index contributed by atoms with van der Waals surface area (Å²) >= 11 is 1.62. The van der Waals surface area contributed by atoms with Gasteiger partial charge in [-0.2, -0.15) is 0 Å². The minimum Gasteiger partial charge on any atom is -0.444 e. The lowest BCUT2D eigenvalue weighted by Crippen LogP contribution is -2.46. The highest BCUT2D eigenvalue weighted by Gasteiger charge is 2.19. The SMILES string of the molecule is O=[N+]([O-])c1ccc(N2CCN(Cc3coc(-c4cccs4)n3)CC2)cc1. The van der Waals surface area contributed by atoms with Crippen LogP contribution < -0.4 is 4.90 Å². The molecule has 3 heterocycles. The minimum absolute atomic E-state index is 0.125. The van der Waals surface area contributed by atoms with E-state index in [2.05, 4.69) is 14.8 Å². The second-order valence-corrected chi connectivity index (χ2v) is 7.11. The lowest BCUT2D eigenvalue weighted by molar-refractivity contribution is -0.384. The van der Waals surface area contributed by atoms with E-state index in [1.165, 1.54) is 0 Å². The first kappa shape index (κ1) is 16.7. The van der Waals surface area contributed by atoms with Crippen LogP contribution in [0.2, 0.25) is 0 Å². The third-order valence-corrected chi connectivity index (χ3v) is 5.33. The molecule has 1 fully saturated rings. The van der Waals surface area contributed by atoms with E-state index in [4.69, 9.17) is 4.42 Å². The van der Waals surface area contributed by atoms with Crippen molar-refractivity contribution in [3.05, 3.63) is 63.8 Å². The Labute approximate surface area is 154 Å². The number of thiophene rings is 1. The van der Waals surface area contributed by atoms with Crippen molar-refractivity contribution in [2.75, 3.05) is 31.1 Å². The van der Waals surface area contributed by atoms with Gasteiger partial charge in [0.2, 0.25) is 5.89 Å². The normalized spacial score (nSPS) is 15.3. The van der Waals surface area contributed by atoms with Crippen LogP contribution in [0.25, 0.3) is 10.8 Å². The number of nitro groups is 1. The molecule has 0 unspecified atom stereocenters. The minimum atomic E-state index is -0.371. The Morgan fingerprint density at radius 2 is 1.92 bits per heavy atom. The first-order valence-electron chi connectivity index (χ1n) is 8.39. The maximum atomic E-state index is 10.8. The van der Waals surface area contributed by atoms with Crippen LogP contribution in [0.1, 0.15) is 5.69 Å². The van der Waals surface area contributed by atoms with Crippen LogP contribution in [-0.2, 0) is 6.54 Å². The molecule has 0 saturated carbocycles. The molecule has 1 saturated heterocycles. The number of anilines is 1. The Bertz CT molecular complexity index is 868. The maximum Gasteiger partial charge on any atom is 0.269 e. The Hall–Kier alpha value is -2.71. The highest BCUT2D eigenvalue weighted by Crippen LogP contribution is 2.25. The first-order valence-corrected chi connectivity index (χ1v) is 9.27. The van der Waals surface area contributed by atoms with E-state index >= 15 is 0 Å². The standard InChI is InChI=1S/C18H18N4O3S/c23-22(24)16-5-3-15(4-6-16)21-9-7-20(8-10-21)12-14-13-25-18(19-14)17-2-1-11-26-17/h1-6,11,13H,7-10,12H2. The van der Waals surface area contributed by atoms with Crippen LogP contribution in [0.4, 0.5) is 11.4 Å². The largest absolute Gasteiger partial charge is 0.444 e. The number of piperazine rings is 1. The van der Waals surface area contributed by atoms with Gasteiger partial charge in [-0.15, -0.1) is 11.3 Å². The van der Waals surface area contributed by atoms with Crippen LogP contribution in [0.3, 0.4) is 0 Å². The Balaban J connectivity index is 1.33. The molecule has 26 heavy (non-hydrogen) atoms. The molecule has 0 N–H and O–H groups in total. The molecule has 2 aromatic heterocycles. The summed E-state index contributed by atoms with van der Waals surface area (Å²) in [5, 5.41) is 12.8. The average molecular weight is 370 g/mol. The van der Waals surface area contributed by atoms with E-state index < -0.39 is 0 Å². The number of rotatable bonds is 5. The van der Waals surface area contributed by atoms with Crippen LogP contribution in [0.5, 0.6) is 0 Å². The van der Waals surface area contributed by atoms with E-state index in [1.54, 1.807) is 29.7 Å². The van der Waals surface area contributed by atoms with Crippen molar-refractivity contribution in [2.24, 2.45) is 0 Å². The molecular formula is C18H18N4O3S. The lowest BCUT2D eigenvalue weighted by Gasteiger charge is -2.35. The van der Waals surface area contributed by atoms with E-state index in [0.29, 0.717) is 5.89 Å². The summed E-state index contributed by atoms with van der Waals surface area (Å²) in [7, 11) is 0. The van der Waals surface area contributed by atoms with Crippen molar-refractivity contribution in [1.29, 1.82) is 0 Å². The fraction of sp³-hybridized carbons (Fsp3) is 0.278. The molecule has 3 aromatic rings. The van der Waals surface area contributed by atoms with Gasteiger partial charge < -0.3 is 9.32 Å². The summed E-state index contributed by atoms with van der Waals surface area (Å²) in [5.74, 6) is 0.680. The highest BCUT2D eigenvalue weighted by atomic mass is 32.1. The van der Waals surface area contributed by atoms with Crippen molar-refractivity contribution in [3.8, 4) is 10.8 Å². The first-order chi connectivity index (χ1) is 12.7. The molecule has 0 bridgehead atoms. The third-order valence-electron chi connectivity index (χ3n) is 4.47. The Kier molecular flexibility index (Phi) is 4.68. The van der Waals surface area contributed by atoms with Gasteiger partial charge >= 0.3 is 0 Å². The van der Waals surface area contributed by atoms with Gasteiger partial charge in [0.25, 0.3) is 5.69 Å². The molecule has 0 spiro atoms. The van der Waals surface area contributed by atoms with Crippen molar-refractivity contribution in [1.82, 2.24) is 9.88 Å². The van der Waals surface area contributed by atoms with Crippen molar-refractivity contribution in [2.45, 2.75) is 6.54 Å². The molecule has 4 rings (SSSR count). The van der Waals surface area contributed by atoms with E-state index in [1.807, 2.05) is 29.6 Å². The summed E-state index contributed by atoms with van der Waals surface area (Å²) in [6, 6.07) is 10.7. The third kappa shape index (κ3) is 3.61. The average Bonchev–Trinajstić information content (AvgIpc) is 3.34. The number of nitrogens with zero attached hydrogens (tertiary/aromatic N) is 4. The second-order valence-electron chi connectivity index (χ2n) is 6.16. The van der Waals surface area contributed by atoms with Crippen molar-refractivity contribution >= 4 is 22.7 Å². The number of hydrogen-bond acceptors (Lipinski definition) is 7. The zero-order chi connectivity index (χ0) is 17.9. The van der Waals surface area contributed by atoms with E-state index in [-0.39, 0.29) is 10.6 Å². The molecular weight excluding hydrogens is 352 g/mol. The van der Waals surface area contributed by atoms with Crippen LogP contribution in [0.15, 0.2) is 52.5 Å². The zero-order valence-electron chi connectivity index (χ0n) is 14.1. The van der Waals surface area contributed by atoms with Gasteiger partial charge in [-0.3, -0.25) is 15.0 Å². The number of oxazole rings is 1. The zero-order valence-corrected chi connectivity index (χ0v) is 14.9. The summed E-state index contributed by atoms with van der Waals surface area (Å²) in [4.78, 5) is 20.6. The summed E-state index contributed by atoms with van der Waals surface area (Å²) in [6.45, 7) is 4.36. The van der Waals surface area contributed by atoms with Crippen LogP contribution in [0, 0.1) is 10.1 Å². The fourth-order valence-electron chi connectivity index (χ4n) is 3.07. The quantitative estimate of drug-likeness (QED) is 0.504. The fourth-order valence-corrected chi connectivity index (χ4v) is 3.73. The summed E-state index contributed by atoms with van der Waals surface area (Å²) in [6.07, 6.45) is 1.73. The van der Waals surface area contributed by atoms with Crippen molar-refractivity contribution < 1.29 is 9.34 Å². The number of benzene rings is 1. The van der Waals surface area contributed by atoms with Gasteiger partial charge in [0, 0.05) is 50.5 Å². The monoisotopic (exact) mass is 370 g/mol. The van der Waals surface area contributed by atoms with Crippen molar-refractivity contribution in [3.63, 3.8) is 0 Å². The topological polar surface area (TPSA) is 75.7 Å². The second kappa shape index (κ2) is 7.27. The van der Waals surface area contributed by atoms with Gasteiger partial charge in [-0.25, -0.2) is 4.98 Å². The van der Waals surface area contributed by atoms with E-state index in [9.17, 15) is 10.1 Å². The smallest absolute Gasteiger partial charge is 0.269 e. The maximum absolute atomic E-state index is 10.8. The van der Waals surface area contributed by atoms with Gasteiger partial charge in [0.05, 0.1) is 15.5 Å². The molecule has 1 aromatic carbocycles. The molecule has 0 atom stereocenters. The molecule has 0 amide bonds. The molecule has 1 aliphatic heterocycles. The summed E-state index contributed by atoms with van der Waals surface area (Å²) < 4.78 is 5.58. The Morgan fingerprint density at radius 1 is 1.15 bits per heavy atom. The molecule has 8 heteroatoms. The molecule has 0 radical (unpaired) electrons. The number of non-ortho nitro benzene ring substituents is 1. The molecule has 7 nitrogen and oxygen atoms in total. The lowest BCUT2D eigenvalue weighted by atomic mass is 10.2. The molecule has 134 valence electrons. The summed E-state index contributed by atoms with van der Waals surface area (Å²) in [5.41, 5.74) is 2.09. The Morgan fingerprint density at radius 3 is 2.58 bits per heavy atom. The van der Waals surface area contributed by atoms with Gasteiger partial charge in [0.1, 0.15) is 6.26 Å².